The molecule has 0 unspecified atom stereocenters. The minimum Gasteiger partial charge on any atom is -0.358 e. The third-order valence-electron chi connectivity index (χ3n) is 3.51. The Morgan fingerprint density at radius 3 is 2.35 bits per heavy atom. The van der Waals surface area contributed by atoms with Crippen molar-refractivity contribution in [2.45, 2.75) is 13.0 Å². The summed E-state index contributed by atoms with van der Waals surface area (Å²) < 4.78 is 0. The highest BCUT2D eigenvalue weighted by Crippen LogP contribution is 2.27. The van der Waals surface area contributed by atoms with Crippen LogP contribution in [0.3, 0.4) is 0 Å². The zero-order valence-corrected chi connectivity index (χ0v) is 13.3. The van der Waals surface area contributed by atoms with E-state index in [2.05, 4.69) is 16.0 Å². The van der Waals surface area contributed by atoms with Crippen LogP contribution in [0.25, 0.3) is 11.1 Å². The number of likely N-dealkylation sites (N-methyl/N-ethyl adjacent to an activating group) is 1. The summed E-state index contributed by atoms with van der Waals surface area (Å²) in [6, 6.07) is 17.0. The molecule has 0 aliphatic carbocycles. The van der Waals surface area contributed by atoms with Gasteiger partial charge in [-0.25, -0.2) is 0 Å². The van der Waals surface area contributed by atoms with Gasteiger partial charge in [0.2, 0.25) is 11.8 Å². The van der Waals surface area contributed by atoms with E-state index in [1.54, 1.807) is 14.0 Å². The summed E-state index contributed by atoms with van der Waals surface area (Å²) in [5.41, 5.74) is 2.74. The van der Waals surface area contributed by atoms with E-state index < -0.39 is 6.04 Å². The van der Waals surface area contributed by atoms with Crippen molar-refractivity contribution < 1.29 is 9.59 Å². The third-order valence-corrected chi connectivity index (χ3v) is 3.51. The zero-order valence-electron chi connectivity index (χ0n) is 13.3. The van der Waals surface area contributed by atoms with Gasteiger partial charge >= 0.3 is 0 Å². The molecule has 0 radical (unpaired) electrons. The number of anilines is 1. The molecule has 120 valence electrons. The maximum atomic E-state index is 12.3. The number of benzene rings is 2. The molecule has 3 N–H and O–H groups in total. The zero-order chi connectivity index (χ0) is 16.7. The van der Waals surface area contributed by atoms with E-state index in [1.165, 1.54) is 0 Å². The Morgan fingerprint density at radius 2 is 1.65 bits per heavy atom. The smallest absolute Gasteiger partial charge is 0.241 e. The van der Waals surface area contributed by atoms with E-state index in [9.17, 15) is 9.59 Å². The van der Waals surface area contributed by atoms with Crippen molar-refractivity contribution in [3.8, 4) is 11.1 Å². The Balaban J connectivity index is 2.08. The number of para-hydroxylation sites is 1. The third kappa shape index (κ3) is 4.66. The molecule has 1 atom stereocenters. The van der Waals surface area contributed by atoms with Crippen LogP contribution >= 0.6 is 0 Å². The van der Waals surface area contributed by atoms with Crippen molar-refractivity contribution in [3.63, 3.8) is 0 Å². The van der Waals surface area contributed by atoms with Crippen LogP contribution in [-0.2, 0) is 9.59 Å². The fourth-order valence-electron chi connectivity index (χ4n) is 2.13. The summed E-state index contributed by atoms with van der Waals surface area (Å²) in [4.78, 5) is 23.5. The van der Waals surface area contributed by atoms with Gasteiger partial charge < -0.3 is 10.6 Å². The Hall–Kier alpha value is -2.66. The fraction of sp³-hybridized carbons (Fsp3) is 0.222. The highest BCUT2D eigenvalue weighted by Gasteiger charge is 2.15. The number of amides is 2. The minimum atomic E-state index is -0.476. The molecule has 5 heteroatoms. The van der Waals surface area contributed by atoms with Crippen LogP contribution in [0.4, 0.5) is 5.69 Å². The van der Waals surface area contributed by atoms with Crippen LogP contribution in [0.15, 0.2) is 54.6 Å². The molecule has 23 heavy (non-hydrogen) atoms. The lowest BCUT2D eigenvalue weighted by Crippen LogP contribution is -2.43. The summed E-state index contributed by atoms with van der Waals surface area (Å²) >= 11 is 0. The molecule has 2 aromatic rings. The molecule has 2 aromatic carbocycles. The van der Waals surface area contributed by atoms with E-state index in [-0.39, 0.29) is 18.4 Å². The summed E-state index contributed by atoms with van der Waals surface area (Å²) in [6.07, 6.45) is 0. The Bertz CT molecular complexity index is 671. The molecule has 0 fully saturated rings. The summed E-state index contributed by atoms with van der Waals surface area (Å²) in [5.74, 6) is -0.341. The maximum Gasteiger partial charge on any atom is 0.241 e. The van der Waals surface area contributed by atoms with Gasteiger partial charge in [0.05, 0.1) is 12.6 Å². The standard InChI is InChI=1S/C18H21N3O2/c1-13(20-12-17(22)19-2)18(23)21-16-11-7-6-10-15(16)14-8-4-3-5-9-14/h3-11,13,20H,12H2,1-2H3,(H,19,22)(H,21,23)/t13-/m1/s1. The van der Waals surface area contributed by atoms with Crippen molar-refractivity contribution in [1.29, 1.82) is 0 Å². The molecular weight excluding hydrogens is 290 g/mol. The number of hydrogen-bond acceptors (Lipinski definition) is 3. The number of nitrogens with one attached hydrogen (secondary N) is 3. The minimum absolute atomic E-state index is 0.103. The lowest BCUT2D eigenvalue weighted by atomic mass is 10.0. The largest absolute Gasteiger partial charge is 0.358 e. The Kier molecular flexibility index (Phi) is 5.88. The van der Waals surface area contributed by atoms with Gasteiger partial charge in [-0.05, 0) is 18.6 Å². The highest BCUT2D eigenvalue weighted by atomic mass is 16.2. The predicted octanol–water partition coefficient (Wildman–Crippen LogP) is 2.02. The summed E-state index contributed by atoms with van der Waals surface area (Å²) in [6.45, 7) is 1.83. The summed E-state index contributed by atoms with van der Waals surface area (Å²) in [7, 11) is 1.56. The number of hydrogen-bond donors (Lipinski definition) is 3. The average Bonchev–Trinajstić information content (AvgIpc) is 2.60. The van der Waals surface area contributed by atoms with Gasteiger partial charge in [0.15, 0.2) is 0 Å². The summed E-state index contributed by atoms with van der Waals surface area (Å²) in [5, 5.41) is 8.31. The fourth-order valence-corrected chi connectivity index (χ4v) is 2.13. The van der Waals surface area contributed by atoms with E-state index in [0.29, 0.717) is 0 Å². The second-order valence-corrected chi connectivity index (χ2v) is 5.18. The van der Waals surface area contributed by atoms with Gasteiger partial charge in [-0.2, -0.15) is 0 Å². The van der Waals surface area contributed by atoms with E-state index in [0.717, 1.165) is 16.8 Å². The van der Waals surface area contributed by atoms with Crippen molar-refractivity contribution in [1.82, 2.24) is 10.6 Å². The van der Waals surface area contributed by atoms with Crippen molar-refractivity contribution in [2.75, 3.05) is 18.9 Å². The SMILES string of the molecule is CNC(=O)CN[C@H](C)C(=O)Nc1ccccc1-c1ccccc1. The Labute approximate surface area is 136 Å². The van der Waals surface area contributed by atoms with Crippen LogP contribution in [0, 0.1) is 0 Å². The molecule has 5 nitrogen and oxygen atoms in total. The number of carbonyl (C=O) groups excluding carboxylic acids is 2. The molecule has 0 aliphatic heterocycles. The monoisotopic (exact) mass is 311 g/mol. The van der Waals surface area contributed by atoms with Crippen molar-refractivity contribution in [2.24, 2.45) is 0 Å². The first-order chi connectivity index (χ1) is 11.1. The van der Waals surface area contributed by atoms with Crippen LogP contribution < -0.4 is 16.0 Å². The quantitative estimate of drug-likeness (QED) is 0.764. The molecule has 0 bridgehead atoms. The molecule has 0 saturated heterocycles. The molecule has 2 rings (SSSR count). The molecule has 0 aliphatic rings. The van der Waals surface area contributed by atoms with Crippen molar-refractivity contribution in [3.05, 3.63) is 54.6 Å². The van der Waals surface area contributed by atoms with Crippen LogP contribution in [-0.4, -0.2) is 31.4 Å². The first kappa shape index (κ1) is 16.7. The van der Waals surface area contributed by atoms with Crippen LogP contribution in [0.5, 0.6) is 0 Å². The molecule has 0 spiro atoms. The van der Waals surface area contributed by atoms with Gasteiger partial charge in [0.25, 0.3) is 0 Å². The molecular formula is C18H21N3O2. The molecule has 0 aromatic heterocycles. The van der Waals surface area contributed by atoms with E-state index in [4.69, 9.17) is 0 Å². The normalized spacial score (nSPS) is 11.6. The highest BCUT2D eigenvalue weighted by molar-refractivity contribution is 5.98. The number of rotatable bonds is 6. The van der Waals surface area contributed by atoms with Crippen LogP contribution in [0.1, 0.15) is 6.92 Å². The second kappa shape index (κ2) is 8.10. The van der Waals surface area contributed by atoms with Gasteiger partial charge in [-0.15, -0.1) is 0 Å². The lowest BCUT2D eigenvalue weighted by Gasteiger charge is -2.16. The van der Waals surface area contributed by atoms with Gasteiger partial charge in [0, 0.05) is 18.3 Å². The maximum absolute atomic E-state index is 12.3. The number of carbonyl (C=O) groups is 2. The predicted molar refractivity (Wildman–Crippen MR) is 92.0 cm³/mol. The molecule has 0 heterocycles. The van der Waals surface area contributed by atoms with Gasteiger partial charge in [0.1, 0.15) is 0 Å². The van der Waals surface area contributed by atoms with Gasteiger partial charge in [-0.1, -0.05) is 48.5 Å². The topological polar surface area (TPSA) is 70.2 Å². The van der Waals surface area contributed by atoms with E-state index >= 15 is 0 Å². The lowest BCUT2D eigenvalue weighted by molar-refractivity contribution is -0.120. The Morgan fingerprint density at radius 1 is 1.00 bits per heavy atom. The first-order valence-corrected chi connectivity index (χ1v) is 7.51. The average molecular weight is 311 g/mol. The van der Waals surface area contributed by atoms with Crippen molar-refractivity contribution >= 4 is 17.5 Å². The first-order valence-electron chi connectivity index (χ1n) is 7.51. The molecule has 0 saturated carbocycles. The molecule has 2 amide bonds. The van der Waals surface area contributed by atoms with Crippen LogP contribution in [0.2, 0.25) is 0 Å². The van der Waals surface area contributed by atoms with E-state index in [1.807, 2.05) is 54.6 Å². The van der Waals surface area contributed by atoms with Gasteiger partial charge in [-0.3, -0.25) is 14.9 Å². The second-order valence-electron chi connectivity index (χ2n) is 5.18.